The van der Waals surface area contributed by atoms with Gasteiger partial charge in [-0.3, -0.25) is 4.79 Å². The predicted molar refractivity (Wildman–Crippen MR) is 82.9 cm³/mol. The zero-order chi connectivity index (χ0) is 17.5. The van der Waals surface area contributed by atoms with Crippen LogP contribution in [0.4, 0.5) is 0 Å². The summed E-state index contributed by atoms with van der Waals surface area (Å²) < 4.78 is 30.8. The van der Waals surface area contributed by atoms with Gasteiger partial charge in [-0.2, -0.15) is 0 Å². The molecule has 1 amide bonds. The second-order valence-electron chi connectivity index (χ2n) is 6.24. The van der Waals surface area contributed by atoms with Crippen LogP contribution in [0.5, 0.6) is 0 Å². The number of hydrogen-bond donors (Lipinski definition) is 2. The Kier molecular flexibility index (Phi) is 4.39. The molecule has 1 aromatic rings. The molecule has 1 aliphatic heterocycles. The molecule has 2 N–H and O–H groups in total. The smallest absolute Gasteiger partial charge is 0.326 e. The number of carbonyl (C=O) groups excluding carboxylic acids is 1. The van der Waals surface area contributed by atoms with Crippen LogP contribution in [-0.2, 0) is 14.8 Å². The minimum absolute atomic E-state index is 0.123. The van der Waals surface area contributed by atoms with Gasteiger partial charge in [0.2, 0.25) is 5.09 Å². The van der Waals surface area contributed by atoms with Crippen LogP contribution in [0.15, 0.2) is 21.6 Å². The van der Waals surface area contributed by atoms with Crippen molar-refractivity contribution in [3.63, 3.8) is 0 Å². The highest BCUT2D eigenvalue weighted by atomic mass is 32.2. The molecule has 8 nitrogen and oxygen atoms in total. The van der Waals surface area contributed by atoms with Crippen molar-refractivity contribution in [2.24, 2.45) is 5.92 Å². The zero-order valence-corrected chi connectivity index (χ0v) is 14.1. The fourth-order valence-corrected chi connectivity index (χ4v) is 4.43. The first-order valence-electron chi connectivity index (χ1n) is 7.94. The molecule has 2 fully saturated rings. The van der Waals surface area contributed by atoms with E-state index in [0.29, 0.717) is 6.42 Å². The van der Waals surface area contributed by atoms with Gasteiger partial charge in [0.25, 0.3) is 15.9 Å². The molecular formula is C15H20N2O6S. The molecule has 0 radical (unpaired) electrons. The highest BCUT2D eigenvalue weighted by molar-refractivity contribution is 7.89. The number of likely N-dealkylation sites (tertiary alicyclic amines) is 1. The number of rotatable bonds is 4. The summed E-state index contributed by atoms with van der Waals surface area (Å²) in [6, 6.07) is 1.46. The van der Waals surface area contributed by atoms with Crippen molar-refractivity contribution in [2.75, 3.05) is 7.05 Å². The first-order valence-corrected chi connectivity index (χ1v) is 9.42. The summed E-state index contributed by atoms with van der Waals surface area (Å²) in [6.07, 6.45) is 4.11. The monoisotopic (exact) mass is 356 g/mol. The Balaban J connectivity index is 1.91. The summed E-state index contributed by atoms with van der Waals surface area (Å²) in [6.45, 7) is 0. The molecule has 1 aromatic heterocycles. The summed E-state index contributed by atoms with van der Waals surface area (Å²) >= 11 is 0. The lowest BCUT2D eigenvalue weighted by Gasteiger charge is -2.32. The number of sulfonamides is 1. The highest BCUT2D eigenvalue weighted by Crippen LogP contribution is 2.40. The van der Waals surface area contributed by atoms with Gasteiger partial charge in [0.15, 0.2) is 5.76 Å². The number of hydrogen-bond acceptors (Lipinski definition) is 5. The molecule has 2 aliphatic rings. The van der Waals surface area contributed by atoms with Crippen molar-refractivity contribution in [2.45, 2.75) is 49.3 Å². The van der Waals surface area contributed by atoms with Gasteiger partial charge >= 0.3 is 5.97 Å². The fraction of sp³-hybridized carbons (Fsp3) is 0.600. The first-order chi connectivity index (χ1) is 11.3. The van der Waals surface area contributed by atoms with Crippen LogP contribution >= 0.6 is 0 Å². The van der Waals surface area contributed by atoms with Gasteiger partial charge in [-0.1, -0.05) is 12.8 Å². The number of carboxylic acid groups (broad SMARTS) is 1. The number of furan rings is 1. The van der Waals surface area contributed by atoms with Crippen molar-refractivity contribution in [3.8, 4) is 0 Å². The van der Waals surface area contributed by atoms with E-state index in [0.717, 1.165) is 25.7 Å². The number of carboxylic acids is 1. The summed E-state index contributed by atoms with van der Waals surface area (Å²) in [5.74, 6) is -1.57. The summed E-state index contributed by atoms with van der Waals surface area (Å²) in [7, 11) is -2.55. The van der Waals surface area contributed by atoms with Gasteiger partial charge in [-0.15, -0.1) is 0 Å². The number of amides is 1. The third-order valence-electron chi connectivity index (χ3n) is 4.93. The highest BCUT2D eigenvalue weighted by Gasteiger charge is 2.48. The standard InChI is InChI=1S/C15H20N2O6S/c1-16-24(21,22)13-7-6-12(23-13)14(18)17-10-5-3-2-4-9(10)8-11(17)15(19)20/h6-7,9-11,16H,2-5,8H2,1H3,(H,19,20)/t9-,10-,11+/m1/s1. The third-order valence-corrected chi connectivity index (χ3v) is 6.22. The molecule has 3 rings (SSSR count). The lowest BCUT2D eigenvalue weighted by Crippen LogP contribution is -2.46. The van der Waals surface area contributed by atoms with Crippen molar-refractivity contribution < 1.29 is 27.5 Å². The van der Waals surface area contributed by atoms with Crippen LogP contribution in [0, 0.1) is 5.92 Å². The second-order valence-corrected chi connectivity index (χ2v) is 8.06. The second kappa shape index (κ2) is 6.21. The van der Waals surface area contributed by atoms with Crippen LogP contribution in [-0.4, -0.2) is 49.4 Å². The molecule has 0 aromatic carbocycles. The molecule has 2 heterocycles. The van der Waals surface area contributed by atoms with Gasteiger partial charge in [-0.05, 0) is 44.4 Å². The maximum Gasteiger partial charge on any atom is 0.326 e. The van der Waals surface area contributed by atoms with Crippen molar-refractivity contribution in [1.29, 1.82) is 0 Å². The average molecular weight is 356 g/mol. The summed E-state index contributed by atoms with van der Waals surface area (Å²) in [5.41, 5.74) is 0. The van der Waals surface area contributed by atoms with Crippen molar-refractivity contribution in [3.05, 3.63) is 17.9 Å². The largest absolute Gasteiger partial charge is 0.480 e. The van der Waals surface area contributed by atoms with Crippen LogP contribution in [0.3, 0.4) is 0 Å². The molecule has 0 bridgehead atoms. The Hall–Kier alpha value is -1.87. The van der Waals surface area contributed by atoms with Crippen LogP contribution < -0.4 is 4.72 Å². The predicted octanol–water partition coefficient (Wildman–Crippen LogP) is 1.05. The van der Waals surface area contributed by atoms with E-state index < -0.39 is 27.9 Å². The Bertz CT molecular complexity index is 756. The number of aliphatic carboxylic acids is 1. The van der Waals surface area contributed by atoms with Gasteiger partial charge in [0.05, 0.1) is 0 Å². The van der Waals surface area contributed by atoms with Gasteiger partial charge in [-0.25, -0.2) is 17.9 Å². The van der Waals surface area contributed by atoms with Gasteiger partial charge < -0.3 is 14.4 Å². The Morgan fingerprint density at radius 1 is 1.29 bits per heavy atom. The van der Waals surface area contributed by atoms with Gasteiger partial charge in [0.1, 0.15) is 6.04 Å². The molecule has 3 atom stereocenters. The molecule has 0 spiro atoms. The average Bonchev–Trinajstić information content (AvgIpc) is 3.19. The molecule has 132 valence electrons. The molecular weight excluding hydrogens is 336 g/mol. The maximum atomic E-state index is 12.8. The van der Waals surface area contributed by atoms with Crippen LogP contribution in [0.2, 0.25) is 0 Å². The summed E-state index contributed by atoms with van der Waals surface area (Å²) in [5, 5.41) is 9.11. The first kappa shape index (κ1) is 17.0. The number of fused-ring (bicyclic) bond motifs is 1. The van der Waals surface area contributed by atoms with Crippen LogP contribution in [0.25, 0.3) is 0 Å². The Morgan fingerprint density at radius 2 is 2.00 bits per heavy atom. The minimum Gasteiger partial charge on any atom is -0.480 e. The lowest BCUT2D eigenvalue weighted by atomic mass is 9.84. The van der Waals surface area contributed by atoms with Crippen molar-refractivity contribution in [1.82, 2.24) is 9.62 Å². The van der Waals surface area contributed by atoms with Gasteiger partial charge in [0, 0.05) is 6.04 Å². The molecule has 1 saturated carbocycles. The van der Waals surface area contributed by atoms with E-state index in [2.05, 4.69) is 4.72 Å². The van der Waals surface area contributed by atoms with E-state index in [9.17, 15) is 23.1 Å². The molecule has 1 saturated heterocycles. The quantitative estimate of drug-likeness (QED) is 0.833. The minimum atomic E-state index is -3.79. The van der Waals surface area contributed by atoms with E-state index in [-0.39, 0.29) is 22.8 Å². The fourth-order valence-electron chi connectivity index (χ4n) is 3.78. The van der Waals surface area contributed by atoms with E-state index in [1.165, 1.54) is 24.1 Å². The molecule has 1 aliphatic carbocycles. The number of nitrogens with one attached hydrogen (secondary N) is 1. The van der Waals surface area contributed by atoms with E-state index in [1.807, 2.05) is 0 Å². The SMILES string of the molecule is CNS(=O)(=O)c1ccc(C(=O)N2[C@@H]3CCCC[C@@H]3C[C@H]2C(=O)O)o1. The Labute approximate surface area is 139 Å². The van der Waals surface area contributed by atoms with Crippen molar-refractivity contribution >= 4 is 21.9 Å². The van der Waals surface area contributed by atoms with E-state index in [4.69, 9.17) is 4.42 Å². The molecule has 24 heavy (non-hydrogen) atoms. The number of carbonyl (C=O) groups is 2. The Morgan fingerprint density at radius 3 is 2.67 bits per heavy atom. The topological polar surface area (TPSA) is 117 Å². The molecule has 9 heteroatoms. The zero-order valence-electron chi connectivity index (χ0n) is 13.3. The van der Waals surface area contributed by atoms with Crippen LogP contribution in [0.1, 0.15) is 42.7 Å². The maximum absolute atomic E-state index is 12.8. The van der Waals surface area contributed by atoms with E-state index >= 15 is 0 Å². The summed E-state index contributed by atoms with van der Waals surface area (Å²) in [4.78, 5) is 25.7. The lowest BCUT2D eigenvalue weighted by molar-refractivity contribution is -0.141. The normalized spacial score (nSPS) is 27.0. The number of nitrogens with zero attached hydrogens (tertiary/aromatic N) is 1. The third kappa shape index (κ3) is 2.82. The molecule has 0 unspecified atom stereocenters. The van der Waals surface area contributed by atoms with E-state index in [1.54, 1.807) is 0 Å².